The predicted molar refractivity (Wildman–Crippen MR) is 94.5 cm³/mol. The number of thiophene rings is 1. The fourth-order valence-corrected chi connectivity index (χ4v) is 3.90. The second-order valence-corrected chi connectivity index (χ2v) is 7.27. The number of fused-ring (bicyclic) bond motifs is 1. The number of carbonyl (C=O) groups excluding carboxylic acids is 2. The van der Waals surface area contributed by atoms with Crippen LogP contribution >= 0.6 is 11.3 Å². The molecule has 1 atom stereocenters. The summed E-state index contributed by atoms with van der Waals surface area (Å²) in [6.45, 7) is 7.95. The van der Waals surface area contributed by atoms with Crippen molar-refractivity contribution in [1.29, 1.82) is 0 Å². The molecule has 0 aliphatic heterocycles. The number of nitrogens with zero attached hydrogens (tertiary/aromatic N) is 2. The Bertz CT molecular complexity index is 811. The van der Waals surface area contributed by atoms with Gasteiger partial charge in [0.05, 0.1) is 10.6 Å². The van der Waals surface area contributed by atoms with Crippen LogP contribution in [-0.4, -0.2) is 34.4 Å². The van der Waals surface area contributed by atoms with Gasteiger partial charge >= 0.3 is 0 Å². The lowest BCUT2D eigenvalue weighted by Gasteiger charge is -2.12. The number of aromatic nitrogens is 2. The minimum absolute atomic E-state index is 0.184. The van der Waals surface area contributed by atoms with E-state index in [0.29, 0.717) is 17.3 Å². The molecule has 1 aliphatic carbocycles. The zero-order valence-electron chi connectivity index (χ0n) is 14.4. The Labute approximate surface area is 145 Å². The molecule has 0 spiro atoms. The van der Waals surface area contributed by atoms with Crippen molar-refractivity contribution in [2.24, 2.45) is 0 Å². The summed E-state index contributed by atoms with van der Waals surface area (Å²) in [4.78, 5) is 35.1. The molecule has 1 saturated carbocycles. The van der Waals surface area contributed by atoms with Crippen molar-refractivity contribution in [2.75, 3.05) is 6.54 Å². The number of hydrogen-bond acceptors (Lipinski definition) is 5. The minimum Gasteiger partial charge on any atom is -0.355 e. The number of nitrogens with one attached hydrogen (secondary N) is 2. The normalized spacial score (nSPS) is 15.3. The van der Waals surface area contributed by atoms with Crippen molar-refractivity contribution in [1.82, 2.24) is 20.6 Å². The van der Waals surface area contributed by atoms with E-state index in [-0.39, 0.29) is 11.8 Å². The molecule has 2 heterocycles. The van der Waals surface area contributed by atoms with Crippen LogP contribution in [-0.2, 0) is 4.79 Å². The quantitative estimate of drug-likeness (QED) is 0.871. The topological polar surface area (TPSA) is 84.0 Å². The second-order valence-electron chi connectivity index (χ2n) is 6.27. The second kappa shape index (κ2) is 6.47. The van der Waals surface area contributed by atoms with Gasteiger partial charge in [0.1, 0.15) is 16.7 Å². The van der Waals surface area contributed by atoms with Crippen LogP contribution in [0.2, 0.25) is 0 Å². The molecule has 3 rings (SSSR count). The third-order valence-corrected chi connectivity index (χ3v) is 5.41. The summed E-state index contributed by atoms with van der Waals surface area (Å²) in [5.74, 6) is 0.952. The third-order valence-electron chi connectivity index (χ3n) is 4.23. The molecule has 1 unspecified atom stereocenters. The summed E-state index contributed by atoms with van der Waals surface area (Å²) in [6, 6.07) is -0.573. The number of likely N-dealkylation sites (N-methyl/N-ethyl adjacent to an activating group) is 1. The summed E-state index contributed by atoms with van der Waals surface area (Å²) < 4.78 is 0. The molecule has 0 radical (unpaired) electrons. The largest absolute Gasteiger partial charge is 0.355 e. The summed E-state index contributed by atoms with van der Waals surface area (Å²) >= 11 is 1.38. The molecule has 0 saturated heterocycles. The molecular weight excluding hydrogens is 324 g/mol. The smallest absolute Gasteiger partial charge is 0.262 e. The maximum Gasteiger partial charge on any atom is 0.262 e. The summed E-state index contributed by atoms with van der Waals surface area (Å²) in [7, 11) is 0. The number of carbonyl (C=O) groups is 2. The van der Waals surface area contributed by atoms with Gasteiger partial charge in [-0.25, -0.2) is 9.97 Å². The fourth-order valence-electron chi connectivity index (χ4n) is 2.76. The van der Waals surface area contributed by atoms with Crippen molar-refractivity contribution in [3.05, 3.63) is 22.0 Å². The molecule has 0 bridgehead atoms. The van der Waals surface area contributed by atoms with Gasteiger partial charge in [0.15, 0.2) is 0 Å². The van der Waals surface area contributed by atoms with Crippen molar-refractivity contribution >= 4 is 33.4 Å². The van der Waals surface area contributed by atoms with E-state index >= 15 is 0 Å². The Morgan fingerprint density at radius 3 is 2.62 bits per heavy atom. The van der Waals surface area contributed by atoms with E-state index in [2.05, 4.69) is 20.6 Å². The van der Waals surface area contributed by atoms with E-state index in [9.17, 15) is 9.59 Å². The minimum atomic E-state index is -0.573. The third kappa shape index (κ3) is 3.13. The maximum absolute atomic E-state index is 12.6. The van der Waals surface area contributed by atoms with Gasteiger partial charge in [0, 0.05) is 17.8 Å². The highest BCUT2D eigenvalue weighted by molar-refractivity contribution is 7.20. The van der Waals surface area contributed by atoms with Crippen LogP contribution in [0.1, 0.15) is 59.4 Å². The van der Waals surface area contributed by atoms with Gasteiger partial charge in [-0.2, -0.15) is 0 Å². The SMILES string of the molecule is CCNC(=O)C(C)NC(=O)c1sc2nc(C3CC3)nc(C)c2c1C. The van der Waals surface area contributed by atoms with Crippen LogP contribution in [0.3, 0.4) is 0 Å². The molecule has 2 aromatic rings. The average molecular weight is 346 g/mol. The van der Waals surface area contributed by atoms with Crippen molar-refractivity contribution < 1.29 is 9.59 Å². The number of aryl methyl sites for hydroxylation is 2. The number of rotatable bonds is 5. The lowest BCUT2D eigenvalue weighted by molar-refractivity contribution is -0.122. The van der Waals surface area contributed by atoms with Gasteiger partial charge in [-0.3, -0.25) is 9.59 Å². The van der Waals surface area contributed by atoms with E-state index in [1.807, 2.05) is 20.8 Å². The van der Waals surface area contributed by atoms with E-state index < -0.39 is 6.04 Å². The molecule has 7 heteroatoms. The highest BCUT2D eigenvalue weighted by Gasteiger charge is 2.29. The standard InChI is InChI=1S/C17H22N4O2S/c1-5-18-15(22)10(4)20-16(23)13-8(2)12-9(3)19-14(11-6-7-11)21-17(12)24-13/h10-11H,5-7H2,1-4H3,(H,18,22)(H,20,23). The lowest BCUT2D eigenvalue weighted by Crippen LogP contribution is -2.44. The molecule has 128 valence electrons. The Balaban J connectivity index is 1.89. The Morgan fingerprint density at radius 2 is 2.00 bits per heavy atom. The highest BCUT2D eigenvalue weighted by atomic mass is 32.1. The Kier molecular flexibility index (Phi) is 4.54. The molecule has 0 aromatic carbocycles. The van der Waals surface area contributed by atoms with Crippen LogP contribution in [0.25, 0.3) is 10.2 Å². The first-order valence-corrected chi connectivity index (χ1v) is 9.10. The van der Waals surface area contributed by atoms with Gasteiger partial charge in [0.2, 0.25) is 5.91 Å². The predicted octanol–water partition coefficient (Wildman–Crippen LogP) is 2.44. The lowest BCUT2D eigenvalue weighted by atomic mass is 10.1. The highest BCUT2D eigenvalue weighted by Crippen LogP contribution is 2.40. The number of hydrogen-bond donors (Lipinski definition) is 2. The Morgan fingerprint density at radius 1 is 1.29 bits per heavy atom. The van der Waals surface area contributed by atoms with Crippen LogP contribution in [0, 0.1) is 13.8 Å². The molecular formula is C17H22N4O2S. The van der Waals surface area contributed by atoms with E-state index in [1.165, 1.54) is 11.3 Å². The van der Waals surface area contributed by atoms with Gasteiger partial charge in [-0.15, -0.1) is 11.3 Å². The summed E-state index contributed by atoms with van der Waals surface area (Å²) in [5.41, 5.74) is 1.81. The van der Waals surface area contributed by atoms with Crippen LogP contribution in [0.5, 0.6) is 0 Å². The van der Waals surface area contributed by atoms with Crippen molar-refractivity contribution in [3.63, 3.8) is 0 Å². The Hall–Kier alpha value is -2.02. The average Bonchev–Trinajstić information content (AvgIpc) is 3.31. The molecule has 6 nitrogen and oxygen atoms in total. The van der Waals surface area contributed by atoms with E-state index in [0.717, 1.165) is 40.1 Å². The summed E-state index contributed by atoms with van der Waals surface area (Å²) in [5, 5.41) is 6.43. The van der Waals surface area contributed by atoms with Crippen LogP contribution in [0.4, 0.5) is 0 Å². The van der Waals surface area contributed by atoms with Gasteiger partial charge < -0.3 is 10.6 Å². The van der Waals surface area contributed by atoms with Gasteiger partial charge in [-0.05, 0) is 46.1 Å². The molecule has 2 aromatic heterocycles. The first kappa shape index (κ1) is 16.8. The zero-order valence-corrected chi connectivity index (χ0v) is 15.2. The first-order chi connectivity index (χ1) is 11.4. The monoisotopic (exact) mass is 346 g/mol. The van der Waals surface area contributed by atoms with Gasteiger partial charge in [-0.1, -0.05) is 0 Å². The molecule has 2 N–H and O–H groups in total. The maximum atomic E-state index is 12.6. The first-order valence-electron chi connectivity index (χ1n) is 8.28. The number of amides is 2. The van der Waals surface area contributed by atoms with Gasteiger partial charge in [0.25, 0.3) is 5.91 Å². The molecule has 1 aliphatic rings. The van der Waals surface area contributed by atoms with Crippen molar-refractivity contribution in [2.45, 2.75) is 52.5 Å². The fraction of sp³-hybridized carbons (Fsp3) is 0.529. The molecule has 1 fully saturated rings. The van der Waals surface area contributed by atoms with Crippen LogP contribution < -0.4 is 10.6 Å². The van der Waals surface area contributed by atoms with Crippen LogP contribution in [0.15, 0.2) is 0 Å². The van der Waals surface area contributed by atoms with E-state index in [4.69, 9.17) is 0 Å². The summed E-state index contributed by atoms with van der Waals surface area (Å²) in [6.07, 6.45) is 2.29. The molecule has 24 heavy (non-hydrogen) atoms. The zero-order chi connectivity index (χ0) is 17.4. The van der Waals surface area contributed by atoms with E-state index in [1.54, 1.807) is 6.92 Å². The molecule has 2 amide bonds. The van der Waals surface area contributed by atoms with Crippen molar-refractivity contribution in [3.8, 4) is 0 Å².